The average molecular weight is 293 g/mol. The number of aliphatic hydroxyl groups is 2. The first-order chi connectivity index (χ1) is 10.0. The topological polar surface area (TPSA) is 52.9 Å². The van der Waals surface area contributed by atoms with Gasteiger partial charge in [-0.2, -0.15) is 0 Å². The van der Waals surface area contributed by atoms with E-state index in [0.29, 0.717) is 12.5 Å². The molecule has 118 valence electrons. The summed E-state index contributed by atoms with van der Waals surface area (Å²) in [6.07, 6.45) is 0.396. The zero-order valence-electron chi connectivity index (χ0n) is 13.2. The largest absolute Gasteiger partial charge is 0.496 e. The van der Waals surface area contributed by atoms with Crippen molar-refractivity contribution in [2.75, 3.05) is 26.8 Å². The number of ether oxygens (including phenoxy) is 1. The van der Waals surface area contributed by atoms with Crippen LogP contribution in [-0.2, 0) is 6.54 Å². The minimum absolute atomic E-state index is 0.0187. The smallest absolute Gasteiger partial charge is 0.123 e. The fraction of sp³-hybridized carbons (Fsp3) is 0.647. The van der Waals surface area contributed by atoms with E-state index in [1.165, 1.54) is 11.1 Å². The summed E-state index contributed by atoms with van der Waals surface area (Å²) in [7, 11) is 1.70. The van der Waals surface area contributed by atoms with Crippen molar-refractivity contribution < 1.29 is 14.9 Å². The molecule has 0 aliphatic carbocycles. The van der Waals surface area contributed by atoms with Gasteiger partial charge in [0.2, 0.25) is 0 Å². The number of likely N-dealkylation sites (tertiary alicyclic amines) is 1. The summed E-state index contributed by atoms with van der Waals surface area (Å²) < 4.78 is 5.46. The van der Waals surface area contributed by atoms with Gasteiger partial charge in [-0.3, -0.25) is 4.90 Å². The molecule has 1 fully saturated rings. The van der Waals surface area contributed by atoms with Gasteiger partial charge >= 0.3 is 0 Å². The summed E-state index contributed by atoms with van der Waals surface area (Å²) in [6, 6.07) is 6.34. The molecule has 0 amide bonds. The first-order valence-electron chi connectivity index (χ1n) is 7.73. The highest BCUT2D eigenvalue weighted by Gasteiger charge is 2.27. The van der Waals surface area contributed by atoms with E-state index >= 15 is 0 Å². The molecule has 0 bridgehead atoms. The molecule has 4 nitrogen and oxygen atoms in total. The number of methoxy groups -OCH3 is 1. The Morgan fingerprint density at radius 1 is 1.38 bits per heavy atom. The Morgan fingerprint density at radius 2 is 2.14 bits per heavy atom. The maximum Gasteiger partial charge on any atom is 0.123 e. The Balaban J connectivity index is 2.10. The molecule has 1 aliphatic heterocycles. The summed E-state index contributed by atoms with van der Waals surface area (Å²) in [5.74, 6) is 1.41. The van der Waals surface area contributed by atoms with Gasteiger partial charge in [0.05, 0.1) is 13.2 Å². The number of hydrogen-bond acceptors (Lipinski definition) is 4. The summed E-state index contributed by atoms with van der Waals surface area (Å²) in [6.45, 7) is 6.72. The monoisotopic (exact) mass is 293 g/mol. The number of β-amino-alcohol motifs (C(OH)–C–C–N with tert-alkyl or cyclic N) is 1. The Bertz CT molecular complexity index is 461. The van der Waals surface area contributed by atoms with Gasteiger partial charge < -0.3 is 14.9 Å². The Morgan fingerprint density at radius 3 is 2.71 bits per heavy atom. The lowest BCUT2D eigenvalue weighted by molar-refractivity contribution is -0.00463. The van der Waals surface area contributed by atoms with Gasteiger partial charge in [-0.25, -0.2) is 0 Å². The van der Waals surface area contributed by atoms with Crippen LogP contribution in [0.3, 0.4) is 0 Å². The molecule has 1 aromatic rings. The van der Waals surface area contributed by atoms with Crippen molar-refractivity contribution in [1.29, 1.82) is 0 Å². The Hall–Kier alpha value is -1.10. The van der Waals surface area contributed by atoms with Crippen molar-refractivity contribution in [1.82, 2.24) is 4.90 Å². The van der Waals surface area contributed by atoms with E-state index < -0.39 is 6.10 Å². The standard InChI is InChI=1S/C17H27NO3/c1-12(2)13-4-5-17(21-3)15(8-13)9-18-7-6-14(11-19)16(20)10-18/h4-5,8,12,14,16,19-20H,6-7,9-11H2,1-3H3/t14-,16-/m1/s1. The molecule has 1 saturated heterocycles. The normalized spacial score (nSPS) is 23.5. The predicted octanol–water partition coefficient (Wildman–Crippen LogP) is 1.99. The highest BCUT2D eigenvalue weighted by atomic mass is 16.5. The molecule has 0 unspecified atom stereocenters. The molecular formula is C17H27NO3. The van der Waals surface area contributed by atoms with E-state index in [0.717, 1.165) is 25.3 Å². The van der Waals surface area contributed by atoms with Gasteiger partial charge in [0.1, 0.15) is 5.75 Å². The van der Waals surface area contributed by atoms with Gasteiger partial charge in [0, 0.05) is 31.2 Å². The SMILES string of the molecule is COc1ccc(C(C)C)cc1CN1CC[C@H](CO)[C@H](O)C1. The maximum absolute atomic E-state index is 10.1. The molecule has 1 heterocycles. The molecule has 1 aliphatic rings. The van der Waals surface area contributed by atoms with E-state index in [1.54, 1.807) is 7.11 Å². The molecule has 2 rings (SSSR count). The number of aliphatic hydroxyl groups excluding tert-OH is 2. The number of nitrogens with zero attached hydrogens (tertiary/aromatic N) is 1. The quantitative estimate of drug-likeness (QED) is 0.872. The predicted molar refractivity (Wildman–Crippen MR) is 83.6 cm³/mol. The number of piperidine rings is 1. The zero-order valence-corrected chi connectivity index (χ0v) is 13.2. The van der Waals surface area contributed by atoms with Crippen LogP contribution in [0.5, 0.6) is 5.75 Å². The van der Waals surface area contributed by atoms with Gasteiger partial charge in [0.25, 0.3) is 0 Å². The molecule has 0 aromatic heterocycles. The second-order valence-electron chi connectivity index (χ2n) is 6.26. The van der Waals surface area contributed by atoms with Crippen LogP contribution in [0.2, 0.25) is 0 Å². The van der Waals surface area contributed by atoms with Gasteiger partial charge in [-0.15, -0.1) is 0 Å². The maximum atomic E-state index is 10.1. The van der Waals surface area contributed by atoms with E-state index in [1.807, 2.05) is 6.07 Å². The summed E-state index contributed by atoms with van der Waals surface area (Å²) in [5.41, 5.74) is 2.47. The third-order valence-corrected chi connectivity index (χ3v) is 4.41. The van der Waals surface area contributed by atoms with Crippen molar-refractivity contribution in [2.24, 2.45) is 5.92 Å². The molecule has 1 aromatic carbocycles. The minimum atomic E-state index is -0.442. The molecule has 2 atom stereocenters. The van der Waals surface area contributed by atoms with E-state index in [4.69, 9.17) is 4.74 Å². The van der Waals surface area contributed by atoms with Crippen LogP contribution in [0, 0.1) is 5.92 Å². The fourth-order valence-corrected chi connectivity index (χ4v) is 2.92. The second kappa shape index (κ2) is 7.25. The van der Waals surface area contributed by atoms with Crippen LogP contribution in [0.15, 0.2) is 18.2 Å². The fourth-order valence-electron chi connectivity index (χ4n) is 2.92. The molecule has 0 spiro atoms. The van der Waals surface area contributed by atoms with Gasteiger partial charge in [-0.1, -0.05) is 26.0 Å². The number of hydrogen-bond donors (Lipinski definition) is 2. The van der Waals surface area contributed by atoms with Gasteiger partial charge in [0.15, 0.2) is 0 Å². The first kappa shape index (κ1) is 16.3. The van der Waals surface area contributed by atoms with Crippen molar-refractivity contribution in [3.63, 3.8) is 0 Å². The molecule has 0 radical (unpaired) electrons. The number of benzene rings is 1. The van der Waals surface area contributed by atoms with Crippen molar-refractivity contribution in [3.05, 3.63) is 29.3 Å². The zero-order chi connectivity index (χ0) is 15.4. The van der Waals surface area contributed by atoms with Crippen LogP contribution in [0.1, 0.15) is 37.3 Å². The van der Waals surface area contributed by atoms with Crippen molar-refractivity contribution in [2.45, 2.75) is 38.8 Å². The van der Waals surface area contributed by atoms with Crippen LogP contribution in [0.25, 0.3) is 0 Å². The summed E-state index contributed by atoms with van der Waals surface area (Å²) >= 11 is 0. The Labute approximate surface area is 127 Å². The van der Waals surface area contributed by atoms with Gasteiger partial charge in [-0.05, 0) is 30.5 Å². The lowest BCUT2D eigenvalue weighted by Crippen LogP contribution is -2.44. The van der Waals surface area contributed by atoms with Crippen molar-refractivity contribution in [3.8, 4) is 5.75 Å². The summed E-state index contributed by atoms with van der Waals surface area (Å²) in [4.78, 5) is 2.23. The van der Waals surface area contributed by atoms with Crippen LogP contribution in [-0.4, -0.2) is 48.0 Å². The second-order valence-corrected chi connectivity index (χ2v) is 6.26. The molecule has 4 heteroatoms. The average Bonchev–Trinajstić information content (AvgIpc) is 2.47. The molecule has 2 N–H and O–H groups in total. The van der Waals surface area contributed by atoms with E-state index in [-0.39, 0.29) is 12.5 Å². The molecule has 0 saturated carbocycles. The lowest BCUT2D eigenvalue weighted by atomic mass is 9.94. The number of rotatable bonds is 5. The first-order valence-corrected chi connectivity index (χ1v) is 7.73. The van der Waals surface area contributed by atoms with Crippen LogP contribution < -0.4 is 4.74 Å². The third-order valence-electron chi connectivity index (χ3n) is 4.41. The van der Waals surface area contributed by atoms with E-state index in [2.05, 4.69) is 30.9 Å². The molecular weight excluding hydrogens is 266 g/mol. The third kappa shape index (κ3) is 3.96. The van der Waals surface area contributed by atoms with E-state index in [9.17, 15) is 10.2 Å². The van der Waals surface area contributed by atoms with Crippen LogP contribution >= 0.6 is 0 Å². The molecule has 21 heavy (non-hydrogen) atoms. The Kier molecular flexibility index (Phi) is 5.62. The highest BCUT2D eigenvalue weighted by Crippen LogP contribution is 2.27. The minimum Gasteiger partial charge on any atom is -0.496 e. The summed E-state index contributed by atoms with van der Waals surface area (Å²) in [5, 5.41) is 19.3. The van der Waals surface area contributed by atoms with Crippen LogP contribution in [0.4, 0.5) is 0 Å². The van der Waals surface area contributed by atoms with Crippen molar-refractivity contribution >= 4 is 0 Å². The highest BCUT2D eigenvalue weighted by molar-refractivity contribution is 5.38. The lowest BCUT2D eigenvalue weighted by Gasteiger charge is -2.35.